The molecule has 0 radical (unpaired) electrons. The van der Waals surface area contributed by atoms with E-state index in [1.165, 1.54) is 4.90 Å². The topological polar surface area (TPSA) is 92.8 Å². The van der Waals surface area contributed by atoms with Gasteiger partial charge in [0.1, 0.15) is 0 Å². The Kier molecular flexibility index (Phi) is 5.15. The Morgan fingerprint density at radius 2 is 1.76 bits per heavy atom. The predicted octanol–water partition coefficient (Wildman–Crippen LogP) is 2.21. The van der Waals surface area contributed by atoms with Gasteiger partial charge >= 0.3 is 5.97 Å². The summed E-state index contributed by atoms with van der Waals surface area (Å²) in [4.78, 5) is 50.5. The fraction of sp³-hybridized carbons (Fsp3) is 0.545. The van der Waals surface area contributed by atoms with Gasteiger partial charge in [0.2, 0.25) is 11.8 Å². The fourth-order valence-corrected chi connectivity index (χ4v) is 5.25. The first-order valence-corrected chi connectivity index (χ1v) is 10.2. The van der Waals surface area contributed by atoms with Crippen LogP contribution in [0.5, 0.6) is 0 Å². The summed E-state index contributed by atoms with van der Waals surface area (Å²) in [6, 6.07) is 5.65. The highest BCUT2D eigenvalue weighted by Crippen LogP contribution is 2.56. The quantitative estimate of drug-likeness (QED) is 0.586. The molecule has 3 amide bonds. The number of fused-ring (bicyclic) bond motifs is 5. The normalized spacial score (nSPS) is 27.3. The molecule has 1 aromatic rings. The van der Waals surface area contributed by atoms with Crippen LogP contribution in [0.15, 0.2) is 18.2 Å². The fourth-order valence-electron chi connectivity index (χ4n) is 5.25. The molecular formula is C22H26N2O5. The second-order valence-electron chi connectivity index (χ2n) is 8.49. The maximum Gasteiger partial charge on any atom is 0.308 e. The first-order chi connectivity index (χ1) is 13.8. The SMILES string of the molecule is Cc1ccc(NC(=O)COC(=O)CCN2C(=O)[C@@H]3[C@H]4CC[C@@H](C4)[C@@H]3C2=O)c(C)c1. The maximum atomic E-state index is 12.6. The Hall–Kier alpha value is -2.70. The van der Waals surface area contributed by atoms with Crippen molar-refractivity contribution in [1.82, 2.24) is 4.90 Å². The van der Waals surface area contributed by atoms with Gasteiger partial charge in [0, 0.05) is 12.2 Å². The number of benzene rings is 1. The highest BCUT2D eigenvalue weighted by Gasteiger charge is 2.60. The minimum absolute atomic E-state index is 0.0294. The van der Waals surface area contributed by atoms with Crippen molar-refractivity contribution in [2.75, 3.05) is 18.5 Å². The number of amides is 3. The molecule has 0 aromatic heterocycles. The van der Waals surface area contributed by atoms with Crippen LogP contribution in [0, 0.1) is 37.5 Å². The number of aryl methyl sites for hydroxylation is 2. The number of hydrogen-bond acceptors (Lipinski definition) is 5. The van der Waals surface area contributed by atoms with Gasteiger partial charge in [-0.15, -0.1) is 0 Å². The van der Waals surface area contributed by atoms with Crippen LogP contribution in [-0.4, -0.2) is 41.7 Å². The number of hydrogen-bond donors (Lipinski definition) is 1. The second-order valence-corrected chi connectivity index (χ2v) is 8.49. The molecule has 2 aliphatic carbocycles. The number of ether oxygens (including phenoxy) is 1. The molecule has 3 aliphatic rings. The summed E-state index contributed by atoms with van der Waals surface area (Å²) in [7, 11) is 0. The lowest BCUT2D eigenvalue weighted by Gasteiger charge is -2.19. The van der Waals surface area contributed by atoms with Crippen molar-refractivity contribution < 1.29 is 23.9 Å². The van der Waals surface area contributed by atoms with E-state index >= 15 is 0 Å². The number of imide groups is 1. The van der Waals surface area contributed by atoms with E-state index in [1.807, 2.05) is 26.0 Å². The van der Waals surface area contributed by atoms with E-state index < -0.39 is 18.5 Å². The summed E-state index contributed by atoms with van der Waals surface area (Å²) in [5.74, 6) is -0.993. The molecule has 1 aliphatic heterocycles. The molecule has 4 rings (SSSR count). The van der Waals surface area contributed by atoms with Crippen LogP contribution >= 0.6 is 0 Å². The Morgan fingerprint density at radius 3 is 2.38 bits per heavy atom. The summed E-state index contributed by atoms with van der Waals surface area (Å²) < 4.78 is 5.02. The van der Waals surface area contributed by atoms with Gasteiger partial charge < -0.3 is 10.1 Å². The van der Waals surface area contributed by atoms with Gasteiger partial charge in [-0.05, 0) is 56.6 Å². The van der Waals surface area contributed by atoms with E-state index in [0.717, 1.165) is 30.4 Å². The lowest BCUT2D eigenvalue weighted by Crippen LogP contribution is -2.35. The molecule has 29 heavy (non-hydrogen) atoms. The van der Waals surface area contributed by atoms with Crippen molar-refractivity contribution in [1.29, 1.82) is 0 Å². The van der Waals surface area contributed by atoms with Gasteiger partial charge in [0.15, 0.2) is 6.61 Å². The Labute approximate surface area is 169 Å². The zero-order valence-electron chi connectivity index (χ0n) is 16.8. The molecule has 1 aromatic carbocycles. The molecule has 7 heteroatoms. The largest absolute Gasteiger partial charge is 0.456 e. The summed E-state index contributed by atoms with van der Waals surface area (Å²) in [6.07, 6.45) is 2.94. The van der Waals surface area contributed by atoms with E-state index in [1.54, 1.807) is 6.07 Å². The molecule has 1 heterocycles. The van der Waals surface area contributed by atoms with Crippen LogP contribution in [0.2, 0.25) is 0 Å². The van der Waals surface area contributed by atoms with Gasteiger partial charge in [-0.1, -0.05) is 17.7 Å². The van der Waals surface area contributed by atoms with Gasteiger partial charge in [-0.2, -0.15) is 0 Å². The highest BCUT2D eigenvalue weighted by molar-refractivity contribution is 6.06. The molecule has 2 bridgehead atoms. The number of esters is 1. The van der Waals surface area contributed by atoms with Gasteiger partial charge in [0.25, 0.3) is 5.91 Å². The Morgan fingerprint density at radius 1 is 1.10 bits per heavy atom. The number of nitrogens with one attached hydrogen (secondary N) is 1. The van der Waals surface area contributed by atoms with Gasteiger partial charge in [-0.25, -0.2) is 0 Å². The monoisotopic (exact) mass is 398 g/mol. The first-order valence-electron chi connectivity index (χ1n) is 10.2. The second kappa shape index (κ2) is 7.61. The van der Waals surface area contributed by atoms with Crippen LogP contribution in [0.25, 0.3) is 0 Å². The standard InChI is InChI=1S/C22H26N2O5/c1-12-3-6-16(13(2)9-12)23-17(25)11-29-18(26)7-8-24-21(27)19-14-4-5-15(10-14)20(19)22(24)28/h3,6,9,14-15,19-20H,4-5,7-8,10-11H2,1-2H3,(H,23,25)/t14-,15-,19-,20+/m0/s1. The van der Waals surface area contributed by atoms with E-state index in [9.17, 15) is 19.2 Å². The number of likely N-dealkylation sites (tertiary alicyclic amines) is 1. The average Bonchev–Trinajstić information content (AvgIpc) is 3.35. The molecule has 154 valence electrons. The first kappa shape index (κ1) is 19.6. The number of carbonyl (C=O) groups excluding carboxylic acids is 4. The number of nitrogens with zero attached hydrogens (tertiary/aromatic N) is 1. The zero-order valence-corrected chi connectivity index (χ0v) is 16.8. The molecule has 0 unspecified atom stereocenters. The molecular weight excluding hydrogens is 372 g/mol. The third-order valence-corrected chi connectivity index (χ3v) is 6.58. The van der Waals surface area contributed by atoms with Crippen molar-refractivity contribution in [3.05, 3.63) is 29.3 Å². The van der Waals surface area contributed by atoms with E-state index in [2.05, 4.69) is 5.32 Å². The van der Waals surface area contributed by atoms with Crippen molar-refractivity contribution in [3.8, 4) is 0 Å². The highest BCUT2D eigenvalue weighted by atomic mass is 16.5. The third kappa shape index (κ3) is 3.66. The van der Waals surface area contributed by atoms with E-state index in [4.69, 9.17) is 4.74 Å². The Balaban J connectivity index is 1.24. The number of anilines is 1. The lowest BCUT2D eigenvalue weighted by molar-refractivity contribution is -0.149. The maximum absolute atomic E-state index is 12.6. The molecule has 7 nitrogen and oxygen atoms in total. The molecule has 4 atom stereocenters. The summed E-state index contributed by atoms with van der Waals surface area (Å²) in [6.45, 7) is 3.49. The van der Waals surface area contributed by atoms with Crippen molar-refractivity contribution in [2.24, 2.45) is 23.7 Å². The van der Waals surface area contributed by atoms with Crippen LogP contribution in [-0.2, 0) is 23.9 Å². The lowest BCUT2D eigenvalue weighted by atomic mass is 9.81. The Bertz CT molecular complexity index is 852. The summed E-state index contributed by atoms with van der Waals surface area (Å²) >= 11 is 0. The van der Waals surface area contributed by atoms with Crippen molar-refractivity contribution in [3.63, 3.8) is 0 Å². The molecule has 3 fully saturated rings. The van der Waals surface area contributed by atoms with Crippen LogP contribution in [0.1, 0.15) is 36.8 Å². The van der Waals surface area contributed by atoms with Crippen LogP contribution in [0.3, 0.4) is 0 Å². The summed E-state index contributed by atoms with van der Waals surface area (Å²) in [5, 5.41) is 2.71. The minimum atomic E-state index is -0.596. The number of carbonyl (C=O) groups is 4. The van der Waals surface area contributed by atoms with E-state index in [0.29, 0.717) is 17.5 Å². The smallest absolute Gasteiger partial charge is 0.308 e. The molecule has 0 spiro atoms. The predicted molar refractivity (Wildman–Crippen MR) is 105 cm³/mol. The molecule has 1 N–H and O–H groups in total. The van der Waals surface area contributed by atoms with E-state index in [-0.39, 0.29) is 36.6 Å². The van der Waals surface area contributed by atoms with Gasteiger partial charge in [0.05, 0.1) is 18.3 Å². The van der Waals surface area contributed by atoms with Crippen molar-refractivity contribution in [2.45, 2.75) is 39.5 Å². The third-order valence-electron chi connectivity index (χ3n) is 6.58. The zero-order chi connectivity index (χ0) is 20.7. The minimum Gasteiger partial charge on any atom is -0.456 e. The molecule has 1 saturated heterocycles. The van der Waals surface area contributed by atoms with Gasteiger partial charge in [-0.3, -0.25) is 24.1 Å². The summed E-state index contributed by atoms with van der Waals surface area (Å²) in [5.41, 5.74) is 2.69. The molecule has 2 saturated carbocycles. The van der Waals surface area contributed by atoms with Crippen molar-refractivity contribution >= 4 is 29.4 Å². The number of rotatable bonds is 6. The van der Waals surface area contributed by atoms with Crippen LogP contribution in [0.4, 0.5) is 5.69 Å². The van der Waals surface area contributed by atoms with Crippen LogP contribution < -0.4 is 5.32 Å². The average molecular weight is 398 g/mol.